The first-order chi connectivity index (χ1) is 13.0. The van der Waals surface area contributed by atoms with Gasteiger partial charge in [0.25, 0.3) is 5.91 Å². The van der Waals surface area contributed by atoms with Crippen molar-refractivity contribution in [1.82, 2.24) is 29.4 Å². The highest BCUT2D eigenvalue weighted by Crippen LogP contribution is 2.16. The van der Waals surface area contributed by atoms with Crippen LogP contribution in [0.5, 0.6) is 0 Å². The van der Waals surface area contributed by atoms with E-state index in [0.29, 0.717) is 53.2 Å². The number of hydrogen-bond donors (Lipinski definition) is 2. The van der Waals surface area contributed by atoms with Crippen LogP contribution in [-0.2, 0) is 6.54 Å². The van der Waals surface area contributed by atoms with Gasteiger partial charge in [-0.05, 0) is 24.6 Å². The Hall–Kier alpha value is -3.69. The van der Waals surface area contributed by atoms with Gasteiger partial charge >= 0.3 is 5.76 Å². The van der Waals surface area contributed by atoms with E-state index < -0.39 is 5.76 Å². The second-order valence-electron chi connectivity index (χ2n) is 6.17. The van der Waals surface area contributed by atoms with Crippen molar-refractivity contribution in [3.05, 3.63) is 47.0 Å². The number of rotatable bonds is 5. The highest BCUT2D eigenvalue weighted by molar-refractivity contribution is 5.96. The minimum absolute atomic E-state index is 0.138. The van der Waals surface area contributed by atoms with Crippen LogP contribution in [0.3, 0.4) is 0 Å². The third-order valence-corrected chi connectivity index (χ3v) is 4.33. The van der Waals surface area contributed by atoms with Crippen molar-refractivity contribution in [3.8, 4) is 0 Å². The fraction of sp³-hybridized carbons (Fsp3) is 0.235. The number of imidazole rings is 1. The van der Waals surface area contributed by atoms with Gasteiger partial charge < -0.3 is 19.6 Å². The summed E-state index contributed by atoms with van der Waals surface area (Å²) in [4.78, 5) is 40.3. The van der Waals surface area contributed by atoms with Crippen LogP contribution in [0.15, 0.2) is 40.1 Å². The molecule has 0 aliphatic rings. The molecule has 1 aromatic carbocycles. The molecule has 27 heavy (non-hydrogen) atoms. The number of anilines is 1. The van der Waals surface area contributed by atoms with Gasteiger partial charge in [0, 0.05) is 25.7 Å². The third kappa shape index (κ3) is 3.12. The van der Waals surface area contributed by atoms with Crippen LogP contribution in [-0.4, -0.2) is 48.9 Å². The Morgan fingerprint density at radius 1 is 1.33 bits per heavy atom. The Balaban J connectivity index is 1.42. The van der Waals surface area contributed by atoms with E-state index in [2.05, 4.69) is 19.9 Å². The molecule has 3 aromatic heterocycles. The number of benzene rings is 1. The lowest BCUT2D eigenvalue weighted by molar-refractivity contribution is 0.0792. The second-order valence-corrected chi connectivity index (χ2v) is 6.17. The zero-order valence-corrected chi connectivity index (χ0v) is 14.5. The minimum Gasteiger partial charge on any atom is -0.408 e. The number of H-pyrrole nitrogens is 1. The quantitative estimate of drug-likeness (QED) is 0.537. The lowest BCUT2D eigenvalue weighted by atomic mass is 10.2. The van der Waals surface area contributed by atoms with Gasteiger partial charge in [0.15, 0.2) is 17.0 Å². The van der Waals surface area contributed by atoms with Gasteiger partial charge in [0.05, 0.1) is 11.8 Å². The van der Waals surface area contributed by atoms with Crippen LogP contribution in [0.1, 0.15) is 16.8 Å². The summed E-state index contributed by atoms with van der Waals surface area (Å²) in [5.41, 5.74) is 8.44. The van der Waals surface area contributed by atoms with Crippen LogP contribution in [0, 0.1) is 0 Å². The normalized spacial score (nSPS) is 11.3. The molecule has 0 saturated heterocycles. The molecule has 138 valence electrons. The van der Waals surface area contributed by atoms with Gasteiger partial charge in [0.2, 0.25) is 0 Å². The minimum atomic E-state index is -0.542. The zero-order chi connectivity index (χ0) is 19.0. The van der Waals surface area contributed by atoms with Crippen LogP contribution >= 0.6 is 0 Å². The number of aromatic nitrogens is 5. The lowest BCUT2D eigenvalue weighted by Crippen LogP contribution is -2.28. The average Bonchev–Trinajstić information content (AvgIpc) is 3.23. The summed E-state index contributed by atoms with van der Waals surface area (Å²) >= 11 is 0. The molecule has 4 aromatic rings. The number of nitrogens with one attached hydrogen (secondary N) is 1. The van der Waals surface area contributed by atoms with E-state index in [1.165, 1.54) is 6.33 Å². The highest BCUT2D eigenvalue weighted by Gasteiger charge is 2.14. The summed E-state index contributed by atoms with van der Waals surface area (Å²) in [6, 6.07) is 4.86. The highest BCUT2D eigenvalue weighted by atomic mass is 16.4. The summed E-state index contributed by atoms with van der Waals surface area (Å²) in [7, 11) is 1.73. The van der Waals surface area contributed by atoms with Crippen molar-refractivity contribution < 1.29 is 9.21 Å². The standard InChI is InChI=1S/C17H17N7O3/c1-23(16(25)10-3-4-12-11(7-10)22-17(26)27-12)5-2-6-24-9-21-13-14(18)19-8-20-15(13)24/h3-4,7-9H,2,5-6H2,1H3,(H,22,26)(H2,18,19,20). The molecule has 0 atom stereocenters. The fourth-order valence-electron chi connectivity index (χ4n) is 2.95. The van der Waals surface area contributed by atoms with Crippen molar-refractivity contribution in [2.24, 2.45) is 0 Å². The smallest absolute Gasteiger partial charge is 0.408 e. The molecule has 3 heterocycles. The first-order valence-corrected chi connectivity index (χ1v) is 8.32. The summed E-state index contributed by atoms with van der Waals surface area (Å²) in [5, 5.41) is 0. The van der Waals surface area contributed by atoms with E-state index in [9.17, 15) is 9.59 Å². The summed E-state index contributed by atoms with van der Waals surface area (Å²) in [6.07, 6.45) is 3.78. The van der Waals surface area contributed by atoms with Gasteiger partial charge in [-0.1, -0.05) is 0 Å². The van der Waals surface area contributed by atoms with E-state index in [1.54, 1.807) is 36.5 Å². The fourth-order valence-corrected chi connectivity index (χ4v) is 2.95. The molecule has 0 aliphatic heterocycles. The molecule has 10 heteroatoms. The zero-order valence-electron chi connectivity index (χ0n) is 14.5. The summed E-state index contributed by atoms with van der Waals surface area (Å²) in [5.74, 6) is -0.334. The number of nitrogens with zero attached hydrogens (tertiary/aromatic N) is 5. The van der Waals surface area contributed by atoms with Gasteiger partial charge in [-0.3, -0.25) is 9.78 Å². The Morgan fingerprint density at radius 3 is 3.04 bits per heavy atom. The van der Waals surface area contributed by atoms with Crippen LogP contribution in [0.2, 0.25) is 0 Å². The third-order valence-electron chi connectivity index (χ3n) is 4.33. The monoisotopic (exact) mass is 367 g/mol. The average molecular weight is 367 g/mol. The van der Waals surface area contributed by atoms with Crippen LogP contribution in [0.25, 0.3) is 22.3 Å². The molecule has 10 nitrogen and oxygen atoms in total. The first kappa shape index (κ1) is 16.8. The number of fused-ring (bicyclic) bond motifs is 2. The van der Waals surface area contributed by atoms with Gasteiger partial charge in [0.1, 0.15) is 11.8 Å². The first-order valence-electron chi connectivity index (χ1n) is 8.32. The maximum absolute atomic E-state index is 12.6. The number of nitrogen functional groups attached to an aromatic ring is 1. The topological polar surface area (TPSA) is 136 Å². The molecule has 0 aliphatic carbocycles. The van der Waals surface area contributed by atoms with Crippen LogP contribution < -0.4 is 11.5 Å². The number of oxazole rings is 1. The second kappa shape index (κ2) is 6.56. The predicted octanol–water partition coefficient (Wildman–Crippen LogP) is 1.01. The number of amides is 1. The largest absolute Gasteiger partial charge is 0.417 e. The van der Waals surface area contributed by atoms with Crippen molar-refractivity contribution in [1.29, 1.82) is 0 Å². The Labute approximate surface area is 152 Å². The Morgan fingerprint density at radius 2 is 2.19 bits per heavy atom. The maximum atomic E-state index is 12.6. The van der Waals surface area contributed by atoms with Gasteiger partial charge in [-0.25, -0.2) is 19.7 Å². The molecule has 0 spiro atoms. The number of nitrogens with two attached hydrogens (primary N) is 1. The number of hydrogen-bond acceptors (Lipinski definition) is 7. The van der Waals surface area contributed by atoms with E-state index in [1.807, 2.05) is 4.57 Å². The number of carbonyl (C=O) groups excluding carboxylic acids is 1. The van der Waals surface area contributed by atoms with Crippen molar-refractivity contribution in [2.75, 3.05) is 19.3 Å². The van der Waals surface area contributed by atoms with E-state index in [4.69, 9.17) is 10.2 Å². The number of aryl methyl sites for hydroxylation is 1. The van der Waals surface area contributed by atoms with E-state index >= 15 is 0 Å². The molecule has 4 rings (SSSR count). The van der Waals surface area contributed by atoms with Gasteiger partial charge in [-0.2, -0.15) is 0 Å². The molecular weight excluding hydrogens is 350 g/mol. The molecule has 1 amide bonds. The van der Waals surface area contributed by atoms with Crippen LogP contribution in [0.4, 0.5) is 5.82 Å². The Bertz CT molecular complexity index is 1190. The molecule has 0 bridgehead atoms. The number of carbonyl (C=O) groups is 1. The molecule has 0 unspecified atom stereocenters. The van der Waals surface area contributed by atoms with Crippen molar-refractivity contribution >= 4 is 34.0 Å². The molecule has 0 fully saturated rings. The van der Waals surface area contributed by atoms with E-state index in [-0.39, 0.29) is 5.91 Å². The lowest BCUT2D eigenvalue weighted by Gasteiger charge is -2.17. The molecule has 3 N–H and O–H groups in total. The van der Waals surface area contributed by atoms with Gasteiger partial charge in [-0.15, -0.1) is 0 Å². The molecule has 0 saturated carbocycles. The molecular formula is C17H17N7O3. The Kier molecular flexibility index (Phi) is 4.07. The number of aromatic amines is 1. The maximum Gasteiger partial charge on any atom is 0.417 e. The SMILES string of the molecule is CN(CCCn1cnc2c(N)ncnc21)C(=O)c1ccc2oc(=O)[nH]c2c1. The van der Waals surface area contributed by atoms with Crippen molar-refractivity contribution in [3.63, 3.8) is 0 Å². The molecule has 0 radical (unpaired) electrons. The van der Waals surface area contributed by atoms with E-state index in [0.717, 1.165) is 0 Å². The summed E-state index contributed by atoms with van der Waals surface area (Å²) < 4.78 is 6.83. The van der Waals surface area contributed by atoms with Crippen molar-refractivity contribution in [2.45, 2.75) is 13.0 Å². The summed E-state index contributed by atoms with van der Waals surface area (Å²) in [6.45, 7) is 1.18. The predicted molar refractivity (Wildman–Crippen MR) is 98.1 cm³/mol.